The third-order valence-corrected chi connectivity index (χ3v) is 1.77. The van der Waals surface area contributed by atoms with Gasteiger partial charge < -0.3 is 10.3 Å². The highest BCUT2D eigenvalue weighted by atomic mass is 35.5. The van der Waals surface area contributed by atoms with Gasteiger partial charge in [-0.2, -0.15) is 0 Å². The summed E-state index contributed by atoms with van der Waals surface area (Å²) < 4.78 is 1.94. The molecule has 0 aliphatic rings. The molecule has 0 aromatic carbocycles. The topological polar surface area (TPSA) is 43.3 Å². The molecule has 0 spiro atoms. The van der Waals surface area contributed by atoms with Crippen molar-refractivity contribution >= 4 is 17.4 Å². The highest BCUT2D eigenvalue weighted by molar-refractivity contribution is 6.30. The van der Waals surface area contributed by atoms with Gasteiger partial charge in [0.05, 0.1) is 17.4 Å². The molecule has 0 fully saturated rings. The first-order valence-electron chi connectivity index (χ1n) is 3.67. The van der Waals surface area contributed by atoms with Gasteiger partial charge in [-0.15, -0.1) is 0 Å². The molecule has 0 bridgehead atoms. The third kappa shape index (κ3) is 2.27. The Balaban J connectivity index is 2.75. The van der Waals surface area contributed by atoms with Gasteiger partial charge >= 0.3 is 0 Å². The van der Waals surface area contributed by atoms with Gasteiger partial charge in [0.15, 0.2) is 0 Å². The van der Waals surface area contributed by atoms with Crippen molar-refractivity contribution in [3.8, 4) is 0 Å². The monoisotopic (exact) mass is 185 g/mol. The summed E-state index contributed by atoms with van der Waals surface area (Å²) in [7, 11) is 1.93. The minimum atomic E-state index is 0.589. The lowest BCUT2D eigenvalue weighted by molar-refractivity contribution is 0.824. The van der Waals surface area contributed by atoms with Gasteiger partial charge in [0, 0.05) is 18.9 Å². The van der Waals surface area contributed by atoms with Crippen LogP contribution in [0.3, 0.4) is 0 Å². The number of halogens is 1. The molecule has 0 atom stereocenters. The van der Waals surface area contributed by atoms with Gasteiger partial charge in [-0.3, -0.25) is 4.99 Å². The minimum Gasteiger partial charge on any atom is -0.388 e. The second-order valence-corrected chi connectivity index (χ2v) is 3.15. The molecule has 0 saturated heterocycles. The zero-order chi connectivity index (χ0) is 9.14. The van der Waals surface area contributed by atoms with Crippen molar-refractivity contribution in [2.45, 2.75) is 13.5 Å². The highest BCUT2D eigenvalue weighted by Gasteiger charge is 1.99. The van der Waals surface area contributed by atoms with Crippen molar-refractivity contribution in [3.05, 3.63) is 23.0 Å². The maximum Gasteiger partial charge on any atom is 0.0910 e. The lowest BCUT2D eigenvalue weighted by Crippen LogP contribution is -2.06. The van der Waals surface area contributed by atoms with E-state index in [1.807, 2.05) is 23.9 Å². The molecule has 0 aliphatic heterocycles. The fraction of sp³-hybridized carbons (Fsp3) is 0.375. The number of amidine groups is 1. The second kappa shape index (κ2) is 3.63. The van der Waals surface area contributed by atoms with Crippen LogP contribution < -0.4 is 5.73 Å². The van der Waals surface area contributed by atoms with E-state index < -0.39 is 0 Å². The number of nitrogens with two attached hydrogens (primary N) is 1. The Morgan fingerprint density at radius 1 is 1.75 bits per heavy atom. The molecule has 1 aromatic heterocycles. The van der Waals surface area contributed by atoms with E-state index in [-0.39, 0.29) is 0 Å². The molecule has 2 N–H and O–H groups in total. The number of aryl methyl sites for hydroxylation is 1. The SMILES string of the molecule is CC(N)=NCc1cc(Cl)cn1C. The molecule has 4 heteroatoms. The second-order valence-electron chi connectivity index (χ2n) is 2.72. The van der Waals surface area contributed by atoms with Crippen LogP contribution in [-0.4, -0.2) is 10.4 Å². The summed E-state index contributed by atoms with van der Waals surface area (Å²) in [6, 6.07) is 1.88. The van der Waals surface area contributed by atoms with Crippen LogP contribution in [0.4, 0.5) is 0 Å². The summed E-state index contributed by atoms with van der Waals surface area (Å²) in [5.41, 5.74) is 6.46. The van der Waals surface area contributed by atoms with Gasteiger partial charge in [-0.1, -0.05) is 11.6 Å². The average Bonchev–Trinajstić information content (AvgIpc) is 2.26. The summed E-state index contributed by atoms with van der Waals surface area (Å²) >= 11 is 5.78. The average molecular weight is 186 g/mol. The molecule has 0 radical (unpaired) electrons. The number of hydrogen-bond acceptors (Lipinski definition) is 1. The Morgan fingerprint density at radius 2 is 2.42 bits per heavy atom. The van der Waals surface area contributed by atoms with Crippen LogP contribution >= 0.6 is 11.6 Å². The fourth-order valence-corrected chi connectivity index (χ4v) is 1.20. The molecule has 1 heterocycles. The summed E-state index contributed by atoms with van der Waals surface area (Å²) in [6.07, 6.45) is 1.85. The van der Waals surface area contributed by atoms with E-state index in [0.717, 1.165) is 10.7 Å². The highest BCUT2D eigenvalue weighted by Crippen LogP contribution is 2.13. The van der Waals surface area contributed by atoms with Gasteiger partial charge in [0.25, 0.3) is 0 Å². The van der Waals surface area contributed by atoms with E-state index >= 15 is 0 Å². The molecule has 66 valence electrons. The summed E-state index contributed by atoms with van der Waals surface area (Å²) in [4.78, 5) is 4.08. The molecular weight excluding hydrogens is 174 g/mol. The van der Waals surface area contributed by atoms with Gasteiger partial charge in [-0.05, 0) is 13.0 Å². The molecule has 0 unspecified atom stereocenters. The van der Waals surface area contributed by atoms with Crippen molar-refractivity contribution in [1.29, 1.82) is 0 Å². The van der Waals surface area contributed by atoms with Crippen molar-refractivity contribution < 1.29 is 0 Å². The van der Waals surface area contributed by atoms with Crippen LogP contribution in [0.2, 0.25) is 5.02 Å². The van der Waals surface area contributed by atoms with Crippen LogP contribution in [0.15, 0.2) is 17.3 Å². The largest absolute Gasteiger partial charge is 0.388 e. The Kier molecular flexibility index (Phi) is 2.76. The number of rotatable bonds is 2. The summed E-state index contributed by atoms with van der Waals surface area (Å²) in [6.45, 7) is 2.36. The Labute approximate surface area is 76.8 Å². The van der Waals surface area contributed by atoms with Crippen LogP contribution in [-0.2, 0) is 13.6 Å². The Morgan fingerprint density at radius 3 is 2.83 bits per heavy atom. The molecule has 0 aliphatic carbocycles. The number of nitrogens with zero attached hydrogens (tertiary/aromatic N) is 2. The van der Waals surface area contributed by atoms with Crippen LogP contribution in [0.5, 0.6) is 0 Å². The molecule has 3 nitrogen and oxygen atoms in total. The fourth-order valence-electron chi connectivity index (χ4n) is 0.929. The Bertz CT molecular complexity index is 297. The summed E-state index contributed by atoms with van der Waals surface area (Å²) in [5.74, 6) is 0.590. The van der Waals surface area contributed by atoms with E-state index in [1.54, 1.807) is 6.92 Å². The van der Waals surface area contributed by atoms with E-state index in [1.165, 1.54) is 0 Å². The third-order valence-electron chi connectivity index (χ3n) is 1.56. The predicted molar refractivity (Wildman–Crippen MR) is 51.4 cm³/mol. The van der Waals surface area contributed by atoms with Crippen LogP contribution in [0.1, 0.15) is 12.6 Å². The Hall–Kier alpha value is -0.960. The van der Waals surface area contributed by atoms with E-state index in [2.05, 4.69) is 4.99 Å². The first kappa shape index (κ1) is 9.13. The first-order chi connectivity index (χ1) is 5.59. The molecule has 1 rings (SSSR count). The van der Waals surface area contributed by atoms with Crippen molar-refractivity contribution in [2.75, 3.05) is 0 Å². The van der Waals surface area contributed by atoms with E-state index in [4.69, 9.17) is 17.3 Å². The maximum absolute atomic E-state index is 5.78. The lowest BCUT2D eigenvalue weighted by Gasteiger charge is -1.98. The lowest BCUT2D eigenvalue weighted by atomic mass is 10.4. The first-order valence-corrected chi connectivity index (χ1v) is 4.04. The standard InChI is InChI=1S/C8H12ClN3/c1-6(10)11-4-8-3-7(9)5-12(8)2/h3,5H,4H2,1-2H3,(H2,10,11). The van der Waals surface area contributed by atoms with Crippen molar-refractivity contribution in [3.63, 3.8) is 0 Å². The number of aliphatic imine (C=N–C) groups is 1. The van der Waals surface area contributed by atoms with E-state index in [0.29, 0.717) is 12.4 Å². The summed E-state index contributed by atoms with van der Waals surface area (Å²) in [5, 5.41) is 0.734. The quantitative estimate of drug-likeness (QED) is 0.552. The number of aromatic nitrogens is 1. The number of hydrogen-bond donors (Lipinski definition) is 1. The molecular formula is C8H12ClN3. The molecule has 1 aromatic rings. The van der Waals surface area contributed by atoms with Gasteiger partial charge in [0.1, 0.15) is 0 Å². The zero-order valence-electron chi connectivity index (χ0n) is 7.21. The minimum absolute atomic E-state index is 0.589. The smallest absolute Gasteiger partial charge is 0.0910 e. The molecule has 12 heavy (non-hydrogen) atoms. The van der Waals surface area contributed by atoms with Gasteiger partial charge in [-0.25, -0.2) is 0 Å². The van der Waals surface area contributed by atoms with Crippen LogP contribution in [0.25, 0.3) is 0 Å². The maximum atomic E-state index is 5.78. The zero-order valence-corrected chi connectivity index (χ0v) is 7.97. The molecule has 0 amide bonds. The molecule has 0 saturated carbocycles. The van der Waals surface area contributed by atoms with Crippen molar-refractivity contribution in [2.24, 2.45) is 17.8 Å². The van der Waals surface area contributed by atoms with Crippen molar-refractivity contribution in [1.82, 2.24) is 4.57 Å². The van der Waals surface area contributed by atoms with Crippen LogP contribution in [0, 0.1) is 0 Å². The van der Waals surface area contributed by atoms with E-state index in [9.17, 15) is 0 Å². The normalized spacial score (nSPS) is 12.1. The van der Waals surface area contributed by atoms with Gasteiger partial charge in [0.2, 0.25) is 0 Å². The predicted octanol–water partition coefficient (Wildman–Crippen LogP) is 1.56.